The number of benzene rings is 1. The predicted molar refractivity (Wildman–Crippen MR) is 108 cm³/mol. The van der Waals surface area contributed by atoms with E-state index in [4.69, 9.17) is 0 Å². The maximum atomic E-state index is 12.2. The van der Waals surface area contributed by atoms with Gasteiger partial charge in [-0.1, -0.05) is 12.1 Å². The minimum absolute atomic E-state index is 0.0379. The van der Waals surface area contributed by atoms with Crippen molar-refractivity contribution in [2.24, 2.45) is 0 Å². The molecule has 9 nitrogen and oxygen atoms in total. The number of halogens is 2. The maximum absolute atomic E-state index is 12.2. The molecule has 0 bridgehead atoms. The fraction of sp³-hybridized carbons (Fsp3) is 0.158. The summed E-state index contributed by atoms with van der Waals surface area (Å²) in [6.45, 7) is -2.22. The zero-order chi connectivity index (χ0) is 21.2. The molecule has 0 fully saturated rings. The molecule has 2 aromatic heterocycles. The summed E-state index contributed by atoms with van der Waals surface area (Å²) in [5.41, 5.74) is 0.334. The number of carbonyl (C=O) groups excluding carboxylic acids is 1. The molecule has 11 heteroatoms. The Hall–Kier alpha value is -4.02. The Kier molecular flexibility index (Phi) is 7.25. The number of urea groups is 1. The van der Waals surface area contributed by atoms with Gasteiger partial charge in [0.2, 0.25) is 0 Å². The van der Waals surface area contributed by atoms with Crippen molar-refractivity contribution in [2.75, 3.05) is 29.0 Å². The van der Waals surface area contributed by atoms with Crippen LogP contribution in [0.2, 0.25) is 0 Å². The molecule has 0 aliphatic carbocycles. The molecule has 0 radical (unpaired) electrons. The van der Waals surface area contributed by atoms with E-state index in [-0.39, 0.29) is 5.75 Å². The maximum Gasteiger partial charge on any atom is 0.387 e. The van der Waals surface area contributed by atoms with Crippen LogP contribution in [0, 0.1) is 0 Å². The lowest BCUT2D eigenvalue weighted by molar-refractivity contribution is -0.0497. The summed E-state index contributed by atoms with van der Waals surface area (Å²) in [6, 6.07) is 14.2. The second-order valence-corrected chi connectivity index (χ2v) is 5.86. The number of carbonyl (C=O) groups is 1. The number of pyridine rings is 1. The standard InChI is InChI=1S/C19H19F2N7O2/c20-18(21)30-14-5-3-4-13(12-14)25-19(29)24-11-10-23-16-7-8-17(28-27-16)26-15-6-1-2-9-22-15/h1-9,12,18H,10-11H2,(H,23,27)(H,22,26,28)(H2,24,25,29). The summed E-state index contributed by atoms with van der Waals surface area (Å²) in [7, 11) is 0. The molecule has 2 amide bonds. The molecule has 3 rings (SSSR count). The zero-order valence-electron chi connectivity index (χ0n) is 15.7. The molecule has 1 aromatic carbocycles. The van der Waals surface area contributed by atoms with Gasteiger partial charge in [0, 0.05) is 31.0 Å². The van der Waals surface area contributed by atoms with Gasteiger partial charge >= 0.3 is 12.6 Å². The number of hydrogen-bond acceptors (Lipinski definition) is 7. The number of amides is 2. The van der Waals surface area contributed by atoms with Gasteiger partial charge in [0.1, 0.15) is 17.4 Å². The highest BCUT2D eigenvalue weighted by molar-refractivity contribution is 5.89. The van der Waals surface area contributed by atoms with Crippen LogP contribution in [0.15, 0.2) is 60.8 Å². The Bertz CT molecular complexity index is 943. The van der Waals surface area contributed by atoms with E-state index in [1.54, 1.807) is 24.4 Å². The Balaban J connectivity index is 1.38. The van der Waals surface area contributed by atoms with Gasteiger partial charge in [0.25, 0.3) is 0 Å². The van der Waals surface area contributed by atoms with Gasteiger partial charge in [-0.2, -0.15) is 8.78 Å². The van der Waals surface area contributed by atoms with E-state index in [2.05, 4.69) is 41.2 Å². The van der Waals surface area contributed by atoms with Gasteiger partial charge in [-0.25, -0.2) is 9.78 Å². The minimum Gasteiger partial charge on any atom is -0.435 e. The fourth-order valence-corrected chi connectivity index (χ4v) is 2.35. The van der Waals surface area contributed by atoms with Crippen molar-refractivity contribution in [1.82, 2.24) is 20.5 Å². The second-order valence-electron chi connectivity index (χ2n) is 5.86. The number of alkyl halides is 2. The van der Waals surface area contributed by atoms with Crippen LogP contribution in [0.25, 0.3) is 0 Å². The first kappa shape index (κ1) is 20.7. The smallest absolute Gasteiger partial charge is 0.387 e. The van der Waals surface area contributed by atoms with Crippen molar-refractivity contribution < 1.29 is 18.3 Å². The van der Waals surface area contributed by atoms with Crippen LogP contribution in [-0.2, 0) is 0 Å². The third-order valence-corrected chi connectivity index (χ3v) is 3.62. The zero-order valence-corrected chi connectivity index (χ0v) is 15.7. The third-order valence-electron chi connectivity index (χ3n) is 3.62. The Morgan fingerprint density at radius 1 is 0.967 bits per heavy atom. The van der Waals surface area contributed by atoms with Crippen LogP contribution in [0.3, 0.4) is 0 Å². The lowest BCUT2D eigenvalue weighted by Crippen LogP contribution is -2.32. The number of nitrogens with one attached hydrogen (secondary N) is 4. The van der Waals surface area contributed by atoms with Gasteiger partial charge in [-0.15, -0.1) is 10.2 Å². The molecule has 0 saturated heterocycles. The van der Waals surface area contributed by atoms with E-state index >= 15 is 0 Å². The molecule has 30 heavy (non-hydrogen) atoms. The van der Waals surface area contributed by atoms with E-state index in [9.17, 15) is 13.6 Å². The highest BCUT2D eigenvalue weighted by Crippen LogP contribution is 2.19. The van der Waals surface area contributed by atoms with Gasteiger partial charge < -0.3 is 26.0 Å². The molecular weight excluding hydrogens is 396 g/mol. The van der Waals surface area contributed by atoms with E-state index in [1.807, 2.05) is 18.2 Å². The van der Waals surface area contributed by atoms with E-state index in [1.165, 1.54) is 18.2 Å². The predicted octanol–water partition coefficient (Wildman–Crippen LogP) is 3.45. The number of anilines is 4. The molecule has 0 saturated carbocycles. The number of nitrogens with zero attached hydrogens (tertiary/aromatic N) is 3. The summed E-state index contributed by atoms with van der Waals surface area (Å²) >= 11 is 0. The van der Waals surface area contributed by atoms with Crippen LogP contribution in [0.4, 0.5) is 36.7 Å². The topological polar surface area (TPSA) is 113 Å². The van der Waals surface area contributed by atoms with Gasteiger partial charge in [0.05, 0.1) is 0 Å². The quantitative estimate of drug-likeness (QED) is 0.396. The van der Waals surface area contributed by atoms with Crippen LogP contribution in [0.1, 0.15) is 0 Å². The number of aromatic nitrogens is 3. The average molecular weight is 415 g/mol. The summed E-state index contributed by atoms with van der Waals surface area (Å²) < 4.78 is 28.8. The normalized spacial score (nSPS) is 10.4. The van der Waals surface area contributed by atoms with Crippen LogP contribution >= 0.6 is 0 Å². The van der Waals surface area contributed by atoms with Crippen LogP contribution in [-0.4, -0.2) is 40.9 Å². The molecule has 0 aliphatic rings. The lowest BCUT2D eigenvalue weighted by Gasteiger charge is -2.10. The first-order valence-corrected chi connectivity index (χ1v) is 8.94. The Morgan fingerprint density at radius 2 is 1.80 bits per heavy atom. The van der Waals surface area contributed by atoms with E-state index < -0.39 is 12.6 Å². The largest absolute Gasteiger partial charge is 0.435 e. The number of ether oxygens (including phenoxy) is 1. The van der Waals surface area contributed by atoms with Gasteiger partial charge in [-0.3, -0.25) is 0 Å². The molecule has 0 atom stereocenters. The van der Waals surface area contributed by atoms with Crippen LogP contribution < -0.4 is 26.0 Å². The first-order chi connectivity index (χ1) is 14.6. The molecule has 2 heterocycles. The third kappa shape index (κ3) is 6.86. The molecule has 0 unspecified atom stereocenters. The summed E-state index contributed by atoms with van der Waals surface area (Å²) in [5.74, 6) is 1.72. The minimum atomic E-state index is -2.93. The highest BCUT2D eigenvalue weighted by atomic mass is 19.3. The molecule has 4 N–H and O–H groups in total. The highest BCUT2D eigenvalue weighted by Gasteiger charge is 2.06. The number of rotatable bonds is 9. The molecular formula is C19H19F2N7O2. The lowest BCUT2D eigenvalue weighted by atomic mass is 10.3. The van der Waals surface area contributed by atoms with Gasteiger partial charge in [0.15, 0.2) is 5.82 Å². The van der Waals surface area contributed by atoms with Crippen molar-refractivity contribution in [3.8, 4) is 5.75 Å². The Labute approximate surface area is 170 Å². The van der Waals surface area contributed by atoms with Crippen LogP contribution in [0.5, 0.6) is 5.75 Å². The van der Waals surface area contributed by atoms with Crippen molar-refractivity contribution in [1.29, 1.82) is 0 Å². The summed E-state index contributed by atoms with van der Waals surface area (Å²) in [4.78, 5) is 16.0. The van der Waals surface area contributed by atoms with Crippen molar-refractivity contribution in [3.05, 3.63) is 60.8 Å². The van der Waals surface area contributed by atoms with E-state index in [0.29, 0.717) is 36.2 Å². The fourth-order valence-electron chi connectivity index (χ4n) is 2.35. The van der Waals surface area contributed by atoms with Crippen molar-refractivity contribution in [3.63, 3.8) is 0 Å². The Morgan fingerprint density at radius 3 is 2.53 bits per heavy atom. The molecule has 3 aromatic rings. The monoisotopic (exact) mass is 415 g/mol. The van der Waals surface area contributed by atoms with Crippen molar-refractivity contribution >= 4 is 29.2 Å². The average Bonchev–Trinajstić information content (AvgIpc) is 2.73. The molecule has 0 spiro atoms. The van der Waals surface area contributed by atoms with E-state index in [0.717, 1.165) is 0 Å². The second kappa shape index (κ2) is 10.5. The summed E-state index contributed by atoms with van der Waals surface area (Å²) in [6.07, 6.45) is 1.67. The number of hydrogen-bond donors (Lipinski definition) is 4. The first-order valence-electron chi connectivity index (χ1n) is 8.94. The molecule has 0 aliphatic heterocycles. The molecule has 156 valence electrons. The van der Waals surface area contributed by atoms with Crippen molar-refractivity contribution in [2.45, 2.75) is 6.61 Å². The van der Waals surface area contributed by atoms with Gasteiger partial charge in [-0.05, 0) is 36.4 Å². The SMILES string of the molecule is O=C(NCCNc1ccc(Nc2ccccn2)nn1)Nc1cccc(OC(F)F)c1. The summed E-state index contributed by atoms with van der Waals surface area (Å²) in [5, 5.41) is 19.3.